The number of ketones is 1. The fourth-order valence-corrected chi connectivity index (χ4v) is 2.33. The standard InChI is InChI=1S/C9H9Cl2NO2/c10-7-6(13)4-5-2-1-3-12(5)9(14)8(7)11/h5H,1-4H2/t5-/m1/s1. The van der Waals surface area contributed by atoms with E-state index < -0.39 is 0 Å². The molecule has 0 aromatic rings. The molecule has 0 N–H and O–H groups in total. The van der Waals surface area contributed by atoms with E-state index in [9.17, 15) is 9.59 Å². The first-order chi connectivity index (χ1) is 6.61. The maximum Gasteiger partial charge on any atom is 0.267 e. The van der Waals surface area contributed by atoms with E-state index in [0.29, 0.717) is 13.0 Å². The molecular formula is C9H9Cl2NO2. The Labute approximate surface area is 91.6 Å². The molecular weight excluding hydrogens is 225 g/mol. The van der Waals surface area contributed by atoms with Gasteiger partial charge in [0.05, 0.1) is 0 Å². The van der Waals surface area contributed by atoms with E-state index >= 15 is 0 Å². The van der Waals surface area contributed by atoms with Crippen LogP contribution in [0.15, 0.2) is 10.1 Å². The molecule has 2 aliphatic rings. The van der Waals surface area contributed by atoms with Crippen molar-refractivity contribution < 1.29 is 9.59 Å². The molecule has 3 nitrogen and oxygen atoms in total. The van der Waals surface area contributed by atoms with Gasteiger partial charge in [-0.15, -0.1) is 0 Å². The maximum atomic E-state index is 11.7. The summed E-state index contributed by atoms with van der Waals surface area (Å²) in [6.45, 7) is 0.678. The molecule has 0 saturated carbocycles. The van der Waals surface area contributed by atoms with Crippen LogP contribution in [0.3, 0.4) is 0 Å². The number of allylic oxidation sites excluding steroid dienone is 1. The van der Waals surface area contributed by atoms with Gasteiger partial charge in [-0.1, -0.05) is 23.2 Å². The Morgan fingerprint density at radius 2 is 1.93 bits per heavy atom. The van der Waals surface area contributed by atoms with Crippen molar-refractivity contribution in [3.63, 3.8) is 0 Å². The van der Waals surface area contributed by atoms with Gasteiger partial charge in [-0.05, 0) is 12.8 Å². The number of nitrogens with zero attached hydrogens (tertiary/aromatic N) is 1. The number of carbonyl (C=O) groups excluding carboxylic acids is 2. The number of fused-ring (bicyclic) bond motifs is 1. The summed E-state index contributed by atoms with van der Waals surface area (Å²) in [6.07, 6.45) is 2.11. The molecule has 0 aromatic heterocycles. The molecule has 5 heteroatoms. The minimum Gasteiger partial charge on any atom is -0.334 e. The third-order valence-electron chi connectivity index (χ3n) is 2.68. The van der Waals surface area contributed by atoms with E-state index in [1.54, 1.807) is 4.90 Å². The van der Waals surface area contributed by atoms with E-state index in [2.05, 4.69) is 0 Å². The summed E-state index contributed by atoms with van der Waals surface area (Å²) in [4.78, 5) is 24.8. The first-order valence-electron chi connectivity index (χ1n) is 4.50. The van der Waals surface area contributed by atoms with E-state index in [0.717, 1.165) is 12.8 Å². The van der Waals surface area contributed by atoms with Crippen LogP contribution in [-0.2, 0) is 9.59 Å². The van der Waals surface area contributed by atoms with Crippen LogP contribution in [0.5, 0.6) is 0 Å². The predicted molar refractivity (Wildman–Crippen MR) is 53.1 cm³/mol. The summed E-state index contributed by atoms with van der Waals surface area (Å²) in [5, 5.41) is -0.230. The molecule has 2 heterocycles. The van der Waals surface area contributed by atoms with Crippen LogP contribution >= 0.6 is 23.2 Å². The van der Waals surface area contributed by atoms with Crippen molar-refractivity contribution in [1.29, 1.82) is 0 Å². The summed E-state index contributed by atoms with van der Waals surface area (Å²) in [5.74, 6) is -0.524. The average molecular weight is 234 g/mol. The molecule has 0 radical (unpaired) electrons. The first-order valence-corrected chi connectivity index (χ1v) is 5.26. The summed E-state index contributed by atoms with van der Waals surface area (Å²) < 4.78 is 0. The number of Topliss-reactive ketones (excluding diaryl/α,β-unsaturated/α-hetero) is 1. The zero-order valence-corrected chi connectivity index (χ0v) is 8.94. The fourth-order valence-electron chi connectivity index (χ4n) is 1.96. The fraction of sp³-hybridized carbons (Fsp3) is 0.556. The second-order valence-corrected chi connectivity index (χ2v) is 4.31. The molecule has 1 amide bonds. The Morgan fingerprint density at radius 1 is 1.21 bits per heavy atom. The highest BCUT2D eigenvalue weighted by Gasteiger charge is 2.36. The molecule has 1 atom stereocenters. The van der Waals surface area contributed by atoms with Gasteiger partial charge in [-0.25, -0.2) is 0 Å². The predicted octanol–water partition coefficient (Wildman–Crippen LogP) is 1.64. The maximum absolute atomic E-state index is 11.7. The number of hydrogen-bond donors (Lipinski definition) is 0. The summed E-state index contributed by atoms with van der Waals surface area (Å²) in [7, 11) is 0. The van der Waals surface area contributed by atoms with Crippen molar-refractivity contribution in [3.05, 3.63) is 10.1 Å². The lowest BCUT2D eigenvalue weighted by molar-refractivity contribution is -0.127. The molecule has 0 aliphatic carbocycles. The SMILES string of the molecule is O=C1C[C@H]2CCCN2C(=O)C(Cl)=C1Cl. The molecule has 0 spiro atoms. The van der Waals surface area contributed by atoms with Crippen LogP contribution in [0.1, 0.15) is 19.3 Å². The van der Waals surface area contributed by atoms with Gasteiger partial charge in [-0.3, -0.25) is 9.59 Å². The highest BCUT2D eigenvalue weighted by Crippen LogP contribution is 2.30. The molecule has 2 rings (SSSR count). The number of amides is 1. The van der Waals surface area contributed by atoms with Crippen molar-refractivity contribution in [1.82, 2.24) is 4.90 Å². The topological polar surface area (TPSA) is 37.4 Å². The molecule has 0 aromatic carbocycles. The van der Waals surface area contributed by atoms with Crippen LogP contribution in [0.2, 0.25) is 0 Å². The highest BCUT2D eigenvalue weighted by atomic mass is 35.5. The van der Waals surface area contributed by atoms with E-state index in [1.165, 1.54) is 0 Å². The quantitative estimate of drug-likeness (QED) is 0.638. The summed E-state index contributed by atoms with van der Waals surface area (Å²) in [6, 6.07) is -0.000000000000000222. The third-order valence-corrected chi connectivity index (χ3v) is 3.53. The highest BCUT2D eigenvalue weighted by molar-refractivity contribution is 6.54. The third kappa shape index (κ3) is 1.44. The van der Waals surface area contributed by atoms with Gasteiger partial charge in [0, 0.05) is 19.0 Å². The van der Waals surface area contributed by atoms with E-state index in [1.807, 2.05) is 0 Å². The zero-order chi connectivity index (χ0) is 10.3. The van der Waals surface area contributed by atoms with Crippen molar-refractivity contribution >= 4 is 34.9 Å². The second-order valence-electron chi connectivity index (χ2n) is 3.55. The Kier molecular flexibility index (Phi) is 2.54. The van der Waals surface area contributed by atoms with Gasteiger partial charge in [0.15, 0.2) is 5.78 Å². The van der Waals surface area contributed by atoms with Crippen LogP contribution in [0.25, 0.3) is 0 Å². The largest absolute Gasteiger partial charge is 0.334 e. The van der Waals surface area contributed by atoms with Gasteiger partial charge in [0.1, 0.15) is 10.1 Å². The normalized spacial score (nSPS) is 28.1. The smallest absolute Gasteiger partial charge is 0.267 e. The molecule has 0 unspecified atom stereocenters. The minimum absolute atomic E-state index is 0.000000000000000222. The van der Waals surface area contributed by atoms with Gasteiger partial charge < -0.3 is 4.90 Å². The second kappa shape index (κ2) is 3.55. The Morgan fingerprint density at radius 3 is 2.64 bits per heavy atom. The Bertz CT molecular complexity index is 338. The number of rotatable bonds is 0. The average Bonchev–Trinajstić information content (AvgIpc) is 2.59. The lowest BCUT2D eigenvalue weighted by Crippen LogP contribution is -2.34. The van der Waals surface area contributed by atoms with Crippen molar-refractivity contribution in [2.45, 2.75) is 25.3 Å². The van der Waals surface area contributed by atoms with E-state index in [4.69, 9.17) is 23.2 Å². The molecule has 0 bridgehead atoms. The zero-order valence-electron chi connectivity index (χ0n) is 7.43. The van der Waals surface area contributed by atoms with Gasteiger partial charge >= 0.3 is 0 Å². The molecule has 1 saturated heterocycles. The van der Waals surface area contributed by atoms with Gasteiger partial charge in [-0.2, -0.15) is 0 Å². The Hall–Kier alpha value is -0.540. The number of hydrogen-bond acceptors (Lipinski definition) is 2. The number of halogens is 2. The van der Waals surface area contributed by atoms with Crippen LogP contribution in [0, 0.1) is 0 Å². The monoisotopic (exact) mass is 233 g/mol. The molecule has 14 heavy (non-hydrogen) atoms. The van der Waals surface area contributed by atoms with Gasteiger partial charge in [0.2, 0.25) is 0 Å². The molecule has 2 aliphatic heterocycles. The minimum atomic E-state index is -0.301. The molecule has 1 fully saturated rings. The van der Waals surface area contributed by atoms with Crippen molar-refractivity contribution in [2.75, 3.05) is 6.54 Å². The van der Waals surface area contributed by atoms with Crippen LogP contribution < -0.4 is 0 Å². The first kappa shape index (κ1) is 9.99. The lowest BCUT2D eigenvalue weighted by Gasteiger charge is -2.20. The summed E-state index contributed by atoms with van der Waals surface area (Å²) in [5.41, 5.74) is 0. The Balaban J connectivity index is 2.38. The van der Waals surface area contributed by atoms with Crippen molar-refractivity contribution in [2.24, 2.45) is 0 Å². The summed E-state index contributed by atoms with van der Waals surface area (Å²) >= 11 is 11.4. The van der Waals surface area contributed by atoms with E-state index in [-0.39, 0.29) is 27.8 Å². The van der Waals surface area contributed by atoms with Crippen LogP contribution in [-0.4, -0.2) is 29.2 Å². The number of carbonyl (C=O) groups is 2. The van der Waals surface area contributed by atoms with Crippen molar-refractivity contribution in [3.8, 4) is 0 Å². The lowest BCUT2D eigenvalue weighted by atomic mass is 10.1. The van der Waals surface area contributed by atoms with Gasteiger partial charge in [0.25, 0.3) is 5.91 Å². The van der Waals surface area contributed by atoms with Crippen LogP contribution in [0.4, 0.5) is 0 Å². The molecule has 76 valence electrons.